The lowest BCUT2D eigenvalue weighted by Gasteiger charge is -2.15. The molecule has 0 saturated carbocycles. The van der Waals surface area contributed by atoms with Gasteiger partial charge in [0, 0.05) is 29.0 Å². The molecule has 1 aromatic carbocycles. The van der Waals surface area contributed by atoms with E-state index in [0.717, 1.165) is 41.1 Å². The molecule has 3 aromatic rings. The maximum absolute atomic E-state index is 12.5. The second kappa shape index (κ2) is 7.82. The standard InChI is InChI=1S/C20H22ClN3OS/c21-16-5-6-17-15(12-16)13-18(19-4-3-11-26-19)24(17)14-20(25)22-7-10-23-8-1-2-9-23/h3-6,11-13H,1-2,7-10,14H2,(H,22,25). The Kier molecular flexibility index (Phi) is 5.29. The van der Waals surface area contributed by atoms with Gasteiger partial charge in [0.25, 0.3) is 0 Å². The smallest absolute Gasteiger partial charge is 0.240 e. The van der Waals surface area contributed by atoms with Gasteiger partial charge in [0.15, 0.2) is 0 Å². The fourth-order valence-corrected chi connectivity index (χ4v) is 4.53. The van der Waals surface area contributed by atoms with Crippen LogP contribution in [0.15, 0.2) is 41.8 Å². The van der Waals surface area contributed by atoms with E-state index in [0.29, 0.717) is 18.1 Å². The van der Waals surface area contributed by atoms with Gasteiger partial charge in [0.05, 0.1) is 10.6 Å². The zero-order valence-electron chi connectivity index (χ0n) is 14.6. The summed E-state index contributed by atoms with van der Waals surface area (Å²) >= 11 is 7.83. The molecule has 1 aliphatic rings. The first-order valence-electron chi connectivity index (χ1n) is 9.02. The third-order valence-corrected chi connectivity index (χ3v) is 6.02. The average Bonchev–Trinajstić information content (AvgIpc) is 3.35. The van der Waals surface area contributed by atoms with Gasteiger partial charge in [-0.2, -0.15) is 0 Å². The Labute approximate surface area is 162 Å². The van der Waals surface area contributed by atoms with Crippen LogP contribution in [0.3, 0.4) is 0 Å². The van der Waals surface area contributed by atoms with Crippen LogP contribution in [0.5, 0.6) is 0 Å². The second-order valence-electron chi connectivity index (χ2n) is 6.69. The van der Waals surface area contributed by atoms with Crippen molar-refractivity contribution >= 4 is 39.7 Å². The number of aromatic nitrogens is 1. The lowest BCUT2D eigenvalue weighted by molar-refractivity contribution is -0.121. The van der Waals surface area contributed by atoms with E-state index in [2.05, 4.69) is 32.3 Å². The summed E-state index contributed by atoms with van der Waals surface area (Å²) < 4.78 is 2.09. The highest BCUT2D eigenvalue weighted by Gasteiger charge is 2.15. The minimum atomic E-state index is 0.0504. The van der Waals surface area contributed by atoms with E-state index < -0.39 is 0 Å². The molecule has 6 heteroatoms. The number of thiophene rings is 1. The number of rotatable bonds is 6. The lowest BCUT2D eigenvalue weighted by atomic mass is 10.2. The number of halogens is 1. The summed E-state index contributed by atoms with van der Waals surface area (Å²) in [5.41, 5.74) is 2.10. The van der Waals surface area contributed by atoms with Gasteiger partial charge in [-0.05, 0) is 61.6 Å². The molecule has 1 fully saturated rings. The predicted molar refractivity (Wildman–Crippen MR) is 109 cm³/mol. The number of likely N-dealkylation sites (tertiary alicyclic amines) is 1. The number of benzene rings is 1. The maximum atomic E-state index is 12.5. The molecule has 0 unspecified atom stereocenters. The van der Waals surface area contributed by atoms with Crippen LogP contribution < -0.4 is 5.32 Å². The van der Waals surface area contributed by atoms with Crippen LogP contribution in [0.25, 0.3) is 21.5 Å². The largest absolute Gasteiger partial charge is 0.353 e. The van der Waals surface area contributed by atoms with E-state index in [-0.39, 0.29) is 5.91 Å². The first-order valence-corrected chi connectivity index (χ1v) is 10.3. The van der Waals surface area contributed by atoms with E-state index in [9.17, 15) is 4.79 Å². The highest BCUT2D eigenvalue weighted by Crippen LogP contribution is 2.32. The molecule has 4 nitrogen and oxygen atoms in total. The fraction of sp³-hybridized carbons (Fsp3) is 0.350. The summed E-state index contributed by atoms with van der Waals surface area (Å²) in [7, 11) is 0. The minimum Gasteiger partial charge on any atom is -0.353 e. The maximum Gasteiger partial charge on any atom is 0.240 e. The van der Waals surface area contributed by atoms with E-state index in [1.165, 1.54) is 12.8 Å². The normalized spacial score (nSPS) is 15.0. The Morgan fingerprint density at radius 2 is 2.04 bits per heavy atom. The van der Waals surface area contributed by atoms with Crippen molar-refractivity contribution in [2.75, 3.05) is 26.2 Å². The van der Waals surface area contributed by atoms with Gasteiger partial charge in [0.1, 0.15) is 6.54 Å². The molecule has 2 aromatic heterocycles. The Morgan fingerprint density at radius 1 is 1.19 bits per heavy atom. The number of carbonyl (C=O) groups is 1. The second-order valence-corrected chi connectivity index (χ2v) is 8.08. The molecule has 0 aliphatic carbocycles. The van der Waals surface area contributed by atoms with Crippen molar-refractivity contribution in [2.24, 2.45) is 0 Å². The van der Waals surface area contributed by atoms with Gasteiger partial charge in [-0.1, -0.05) is 17.7 Å². The van der Waals surface area contributed by atoms with Crippen LogP contribution in [0, 0.1) is 0 Å². The van der Waals surface area contributed by atoms with Gasteiger partial charge < -0.3 is 14.8 Å². The van der Waals surface area contributed by atoms with Gasteiger partial charge in [-0.15, -0.1) is 11.3 Å². The lowest BCUT2D eigenvalue weighted by Crippen LogP contribution is -2.35. The van der Waals surface area contributed by atoms with Crippen molar-refractivity contribution in [3.63, 3.8) is 0 Å². The zero-order valence-corrected chi connectivity index (χ0v) is 16.2. The number of amides is 1. The topological polar surface area (TPSA) is 37.3 Å². The third kappa shape index (κ3) is 3.80. The molecule has 26 heavy (non-hydrogen) atoms. The molecule has 0 radical (unpaired) electrons. The summed E-state index contributed by atoms with van der Waals surface area (Å²) in [5, 5.41) is 6.90. The van der Waals surface area contributed by atoms with Gasteiger partial charge in [-0.25, -0.2) is 0 Å². The van der Waals surface area contributed by atoms with Crippen LogP contribution in [-0.2, 0) is 11.3 Å². The Bertz CT molecular complexity index is 897. The molecule has 1 aliphatic heterocycles. The summed E-state index contributed by atoms with van der Waals surface area (Å²) in [5.74, 6) is 0.0504. The predicted octanol–water partition coefficient (Wildman–Crippen LogP) is 4.24. The van der Waals surface area contributed by atoms with Gasteiger partial charge in [0.2, 0.25) is 5.91 Å². The number of hydrogen-bond donors (Lipinski definition) is 1. The zero-order chi connectivity index (χ0) is 17.9. The van der Waals surface area contributed by atoms with Crippen LogP contribution >= 0.6 is 22.9 Å². The molecule has 0 bridgehead atoms. The summed E-state index contributed by atoms with van der Waals surface area (Å²) in [6.07, 6.45) is 2.55. The monoisotopic (exact) mass is 387 g/mol. The number of nitrogens with one attached hydrogen (secondary N) is 1. The number of hydrogen-bond acceptors (Lipinski definition) is 3. The van der Waals surface area contributed by atoms with Crippen LogP contribution in [0.1, 0.15) is 12.8 Å². The number of fused-ring (bicyclic) bond motifs is 1. The number of carbonyl (C=O) groups excluding carboxylic acids is 1. The quantitative estimate of drug-likeness (QED) is 0.687. The van der Waals surface area contributed by atoms with E-state index in [4.69, 9.17) is 11.6 Å². The van der Waals surface area contributed by atoms with Gasteiger partial charge >= 0.3 is 0 Å². The summed E-state index contributed by atoms with van der Waals surface area (Å²) in [6.45, 7) is 4.27. The molecule has 0 spiro atoms. The van der Waals surface area contributed by atoms with E-state index >= 15 is 0 Å². The minimum absolute atomic E-state index is 0.0504. The fourth-order valence-electron chi connectivity index (χ4n) is 3.60. The molecule has 1 N–H and O–H groups in total. The first-order chi connectivity index (χ1) is 12.7. The summed E-state index contributed by atoms with van der Waals surface area (Å²) in [4.78, 5) is 16.1. The molecular formula is C20H22ClN3OS. The Morgan fingerprint density at radius 3 is 2.81 bits per heavy atom. The van der Waals surface area contributed by atoms with Crippen molar-refractivity contribution in [1.82, 2.24) is 14.8 Å². The number of nitrogens with zero attached hydrogens (tertiary/aromatic N) is 2. The van der Waals surface area contributed by atoms with Crippen molar-refractivity contribution in [3.05, 3.63) is 46.8 Å². The highest BCUT2D eigenvalue weighted by molar-refractivity contribution is 7.13. The van der Waals surface area contributed by atoms with Crippen molar-refractivity contribution in [3.8, 4) is 10.6 Å². The van der Waals surface area contributed by atoms with Crippen molar-refractivity contribution < 1.29 is 4.79 Å². The van der Waals surface area contributed by atoms with Crippen molar-refractivity contribution in [1.29, 1.82) is 0 Å². The molecule has 4 rings (SSSR count). The van der Waals surface area contributed by atoms with Crippen LogP contribution in [-0.4, -0.2) is 41.6 Å². The van der Waals surface area contributed by atoms with Crippen molar-refractivity contribution in [2.45, 2.75) is 19.4 Å². The molecular weight excluding hydrogens is 366 g/mol. The summed E-state index contributed by atoms with van der Waals surface area (Å²) in [6, 6.07) is 12.1. The molecule has 0 atom stereocenters. The third-order valence-electron chi connectivity index (χ3n) is 4.89. The molecule has 136 valence electrons. The van der Waals surface area contributed by atoms with E-state index in [1.54, 1.807) is 11.3 Å². The average molecular weight is 388 g/mol. The highest BCUT2D eigenvalue weighted by atomic mass is 35.5. The first kappa shape index (κ1) is 17.6. The Balaban J connectivity index is 1.52. The van der Waals surface area contributed by atoms with E-state index in [1.807, 2.05) is 24.3 Å². The van der Waals surface area contributed by atoms with Crippen LogP contribution in [0.4, 0.5) is 0 Å². The molecule has 1 saturated heterocycles. The Hall–Kier alpha value is -1.82. The SMILES string of the molecule is O=C(Cn1c(-c2cccs2)cc2cc(Cl)ccc21)NCCN1CCCC1. The van der Waals surface area contributed by atoms with Gasteiger partial charge in [-0.3, -0.25) is 4.79 Å². The van der Waals surface area contributed by atoms with Crippen LogP contribution in [0.2, 0.25) is 5.02 Å². The molecule has 3 heterocycles. The molecule has 1 amide bonds.